The highest BCUT2D eigenvalue weighted by molar-refractivity contribution is 6.05. The third-order valence-electron chi connectivity index (χ3n) is 47.5. The quantitative estimate of drug-likeness (QED) is 0.298. The molecule has 0 nitrogen and oxygen atoms in total. The smallest absolute Gasteiger partial charge is 0.0130 e. The van der Waals surface area contributed by atoms with Crippen LogP contribution in [0.2, 0.25) is 0 Å². The first-order valence-corrected chi connectivity index (χ1v) is 28.1. The summed E-state index contributed by atoms with van der Waals surface area (Å²) >= 11 is 0. The van der Waals surface area contributed by atoms with Crippen molar-refractivity contribution in [3.05, 3.63) is 11.6 Å². The Labute approximate surface area is 325 Å². The molecule has 0 heteroatoms. The Hall–Kier alpha value is -0.260. The molecular formula is C57H36. The molecule has 38 fully saturated rings. The van der Waals surface area contributed by atoms with Gasteiger partial charge in [0.25, 0.3) is 0 Å². The third kappa shape index (κ3) is 0.469. The van der Waals surface area contributed by atoms with E-state index in [0.29, 0.717) is 0 Å². The minimum absolute atomic E-state index is 0.951. The van der Waals surface area contributed by atoms with Crippen molar-refractivity contribution in [1.82, 2.24) is 0 Å². The Bertz CT molecular complexity index is 3720. The van der Waals surface area contributed by atoms with E-state index in [9.17, 15) is 0 Å². The zero-order valence-corrected chi connectivity index (χ0v) is 31.5. The predicted octanol–water partition coefficient (Wildman–Crippen LogP) is 5.31. The van der Waals surface area contributed by atoms with Gasteiger partial charge in [-0.25, -0.2) is 0 Å². The molecule has 0 bridgehead atoms. The molecule has 39 rings (SSSR count). The van der Waals surface area contributed by atoms with Gasteiger partial charge in [-0.3, -0.25) is 0 Å². The van der Waals surface area contributed by atoms with Crippen LogP contribution in [0.15, 0.2) is 11.6 Å². The molecular weight excluding hydrogens is 685 g/mol. The van der Waals surface area contributed by atoms with E-state index >= 15 is 0 Å². The van der Waals surface area contributed by atoms with Gasteiger partial charge in [-0.15, -0.1) is 0 Å². The van der Waals surface area contributed by atoms with Gasteiger partial charge in [-0.05, 0) is 305 Å². The molecule has 0 heterocycles. The number of hydrogen-bond acceptors (Lipinski definition) is 0. The first-order chi connectivity index (χ1) is 28.3. The van der Waals surface area contributed by atoms with Crippen molar-refractivity contribution >= 4 is 0 Å². The molecule has 0 saturated heterocycles. The van der Waals surface area contributed by atoms with Crippen molar-refractivity contribution < 1.29 is 0 Å². The normalized spacial score (nSPS) is 135. The van der Waals surface area contributed by atoms with Crippen LogP contribution in [0.4, 0.5) is 0 Å². The Morgan fingerprint density at radius 3 is 1.04 bits per heavy atom. The van der Waals surface area contributed by atoms with E-state index < -0.39 is 0 Å². The van der Waals surface area contributed by atoms with E-state index in [2.05, 4.69) is 11.6 Å². The number of allylic oxidation sites excluding steroid dienone is 2. The van der Waals surface area contributed by atoms with Crippen molar-refractivity contribution in [1.29, 1.82) is 0 Å². The second-order valence-electron chi connectivity index (χ2n) is 35.9. The summed E-state index contributed by atoms with van der Waals surface area (Å²) in [6, 6.07) is 0. The molecule has 0 N–H and O–H groups in total. The highest BCUT2D eigenvalue weighted by Crippen LogP contribution is 3.61. The van der Waals surface area contributed by atoms with E-state index in [1.807, 2.05) is 12.8 Å². The zero-order valence-electron chi connectivity index (χ0n) is 31.5. The molecule has 51 unspecified atom stereocenters. The van der Waals surface area contributed by atoms with E-state index in [1.165, 1.54) is 160 Å². The van der Waals surface area contributed by atoms with Crippen molar-refractivity contribution in [2.24, 2.45) is 290 Å². The molecule has 39 aliphatic rings. The summed E-state index contributed by atoms with van der Waals surface area (Å²) in [5.41, 5.74) is 28.3. The van der Waals surface area contributed by atoms with E-state index in [1.54, 1.807) is 12.8 Å². The average molecular weight is 721 g/mol. The van der Waals surface area contributed by atoms with Crippen LogP contribution in [0.5, 0.6) is 0 Å². The van der Waals surface area contributed by atoms with Gasteiger partial charge >= 0.3 is 0 Å². The topological polar surface area (TPSA) is 0 Å². The van der Waals surface area contributed by atoms with Gasteiger partial charge in [0.1, 0.15) is 0 Å². The van der Waals surface area contributed by atoms with Crippen LogP contribution in [0.25, 0.3) is 0 Å². The molecule has 39 aliphatic carbocycles. The van der Waals surface area contributed by atoms with Crippen LogP contribution in [0, 0.1) is 290 Å². The minimum Gasteiger partial charge on any atom is -0.0803 e. The van der Waals surface area contributed by atoms with Gasteiger partial charge in [-0.2, -0.15) is 0 Å². The molecule has 57 heavy (non-hydrogen) atoms. The molecule has 0 radical (unpaired) electrons. The Balaban J connectivity index is 0.701. The summed E-state index contributed by atoms with van der Waals surface area (Å²) in [5, 5.41) is 0. The fourth-order valence-electron chi connectivity index (χ4n) is 59.2. The molecule has 0 aromatic heterocycles. The predicted molar refractivity (Wildman–Crippen MR) is 179 cm³/mol. The Morgan fingerprint density at radius 1 is 0.263 bits per heavy atom. The van der Waals surface area contributed by atoms with Gasteiger partial charge in [0.15, 0.2) is 0 Å². The van der Waals surface area contributed by atoms with Crippen LogP contribution in [-0.2, 0) is 0 Å². The van der Waals surface area contributed by atoms with Gasteiger partial charge < -0.3 is 0 Å². The SMILES string of the molecule is C1=C2C3CC4C5CC6C7C8C9C%10C%11C%12C%13C%14C%15C%16C%17CC%18C%19CC%20C%21C%22C%23C%24C%25C%26C%27C%28C1C1%29C2%30C34C56C7%30C81C91C%28%29C%272C%101C%111C%262C%252C%243C%234C%225C%216C%19%20C%18%17C%166C%155C%144C%133C%1212. The van der Waals surface area contributed by atoms with Gasteiger partial charge in [0, 0.05) is 10.8 Å². The molecule has 0 amide bonds. The monoisotopic (exact) mass is 720 g/mol. The fraction of sp³-hybridized carbons (Fsp3) is 0.965. The van der Waals surface area contributed by atoms with Crippen molar-refractivity contribution in [3.8, 4) is 0 Å². The molecule has 264 valence electrons. The van der Waals surface area contributed by atoms with Crippen molar-refractivity contribution in [2.45, 2.75) is 25.7 Å². The number of fused-ring (bicyclic) bond motifs is 23. The van der Waals surface area contributed by atoms with Gasteiger partial charge in [0.05, 0.1) is 0 Å². The molecule has 38 saturated carbocycles. The second-order valence-corrected chi connectivity index (χ2v) is 35.9. The maximum absolute atomic E-state index is 3.38. The van der Waals surface area contributed by atoms with E-state index in [4.69, 9.17) is 0 Å². The molecule has 0 aromatic carbocycles. The minimum atomic E-state index is 0.951. The maximum Gasteiger partial charge on any atom is 0.0130 e. The van der Waals surface area contributed by atoms with Gasteiger partial charge in [-0.1, -0.05) is 11.6 Å². The fourth-order valence-corrected chi connectivity index (χ4v) is 59.2. The van der Waals surface area contributed by atoms with Crippen LogP contribution in [0.1, 0.15) is 25.7 Å². The summed E-state index contributed by atoms with van der Waals surface area (Å²) in [5.74, 6) is 36.8. The van der Waals surface area contributed by atoms with E-state index in [0.717, 1.165) is 130 Å². The highest BCUT2D eigenvalue weighted by Gasteiger charge is 3.60. The lowest BCUT2D eigenvalue weighted by Gasteiger charge is -3.57. The lowest BCUT2D eigenvalue weighted by molar-refractivity contribution is -1.13. The summed E-state index contributed by atoms with van der Waals surface area (Å²) < 4.78 is 0. The molecule has 0 aliphatic heterocycles. The summed E-state index contributed by atoms with van der Waals surface area (Å²) in [6.45, 7) is 0. The Kier molecular flexibility index (Phi) is 1.06. The lowest BCUT2D eigenvalue weighted by Crippen LogP contribution is -3.56. The largest absolute Gasteiger partial charge is 0.0803 e. The summed E-state index contributed by atoms with van der Waals surface area (Å²) in [7, 11) is 0. The van der Waals surface area contributed by atoms with Crippen molar-refractivity contribution in [3.63, 3.8) is 0 Å². The molecule has 24 spiro atoms. The lowest BCUT2D eigenvalue weighted by atomic mass is 8.45. The molecule has 51 atom stereocenters. The van der Waals surface area contributed by atoms with Crippen LogP contribution in [0.3, 0.4) is 0 Å². The third-order valence-corrected chi connectivity index (χ3v) is 47.5. The Morgan fingerprint density at radius 2 is 0.579 bits per heavy atom. The molecule has 0 aromatic rings. The highest BCUT2D eigenvalue weighted by atomic mass is 15.6. The summed E-state index contributed by atoms with van der Waals surface area (Å²) in [4.78, 5) is 0. The first-order valence-electron chi connectivity index (χ1n) is 28.1. The summed E-state index contributed by atoms with van der Waals surface area (Å²) in [6.07, 6.45) is 10.5. The zero-order chi connectivity index (χ0) is 31.7. The van der Waals surface area contributed by atoms with E-state index in [-0.39, 0.29) is 0 Å². The standard InChI is InChI=1S/C57H36/c1-6-7-2-12-16-20-24-28-32-33-30-26-22-18-14-4-9-8-3-13-17-21-25-29-31-27-23-19-15-5-11-10(1)34(6)35(7,12)40(16)38(11,34)39(15)43(19)47(23)51(27)55(31)53(29)49(25)45(21)41(17)36(8,13)37(9,14)42(18,41)46(22,45)50(26,49)54(30,53)57(33,55)56(32,51)52(28,47)48(24,43)44(20,39)40/h5-10,12-33H,1-4H2. The van der Waals surface area contributed by atoms with Gasteiger partial charge in [0.2, 0.25) is 0 Å². The van der Waals surface area contributed by atoms with Crippen LogP contribution < -0.4 is 0 Å². The van der Waals surface area contributed by atoms with Crippen LogP contribution >= 0.6 is 0 Å². The first kappa shape index (κ1) is 19.6. The maximum atomic E-state index is 3.38. The average Bonchev–Trinajstić information content (AvgIpc) is 3.32. The van der Waals surface area contributed by atoms with Crippen molar-refractivity contribution in [2.75, 3.05) is 0 Å². The number of rotatable bonds is 0. The number of hydrogen-bond donors (Lipinski definition) is 0. The second kappa shape index (κ2) is 3.08. The van der Waals surface area contributed by atoms with Crippen LogP contribution in [-0.4, -0.2) is 0 Å².